The van der Waals surface area contributed by atoms with E-state index in [1.165, 1.54) is 25.3 Å². The predicted octanol–water partition coefficient (Wildman–Crippen LogP) is 2.86. The zero-order valence-corrected chi connectivity index (χ0v) is 14.6. The van der Waals surface area contributed by atoms with Crippen LogP contribution in [-0.4, -0.2) is 23.8 Å². The van der Waals surface area contributed by atoms with Crippen molar-refractivity contribution in [1.29, 1.82) is 0 Å². The van der Waals surface area contributed by atoms with Gasteiger partial charge in [0, 0.05) is 11.8 Å². The summed E-state index contributed by atoms with van der Waals surface area (Å²) < 4.78 is 5.03. The van der Waals surface area contributed by atoms with Gasteiger partial charge in [0.25, 0.3) is 5.69 Å². The molecule has 0 aromatic heterocycles. The van der Waals surface area contributed by atoms with Crippen LogP contribution < -0.4 is 9.64 Å². The smallest absolute Gasteiger partial charge is 0.297 e. The highest BCUT2D eigenvalue weighted by Gasteiger charge is 2.62. The fourth-order valence-corrected chi connectivity index (χ4v) is 4.63. The minimum atomic E-state index is -0.596. The SMILES string of the molecule is COc1ccc(N2C(=O)[C@@H]3[C@@H](C2=O)[C@H]2C=C[C@H]3C2=C(C)C)c([N+](=O)[O-])c1. The van der Waals surface area contributed by atoms with Gasteiger partial charge in [-0.25, -0.2) is 4.90 Å². The Morgan fingerprint density at radius 1 is 1.12 bits per heavy atom. The predicted molar refractivity (Wildman–Crippen MR) is 93.6 cm³/mol. The molecule has 0 radical (unpaired) electrons. The molecule has 2 aliphatic carbocycles. The van der Waals surface area contributed by atoms with E-state index in [1.54, 1.807) is 0 Å². The Balaban J connectivity index is 1.79. The van der Waals surface area contributed by atoms with Gasteiger partial charge in [0.2, 0.25) is 11.8 Å². The first kappa shape index (κ1) is 16.5. The molecule has 134 valence electrons. The molecule has 1 saturated heterocycles. The minimum absolute atomic E-state index is 0.0124. The Kier molecular flexibility index (Phi) is 3.50. The number of carbonyl (C=O) groups is 2. The average Bonchev–Trinajstić information content (AvgIpc) is 3.24. The molecule has 0 unspecified atom stereocenters. The Labute approximate surface area is 150 Å². The van der Waals surface area contributed by atoms with E-state index in [-0.39, 0.29) is 35.0 Å². The van der Waals surface area contributed by atoms with Crippen LogP contribution in [0.25, 0.3) is 0 Å². The van der Waals surface area contributed by atoms with Gasteiger partial charge in [-0.2, -0.15) is 0 Å². The van der Waals surface area contributed by atoms with E-state index in [0.29, 0.717) is 5.75 Å². The number of nitro groups is 1. The van der Waals surface area contributed by atoms with E-state index < -0.39 is 16.8 Å². The third-order valence-electron chi connectivity index (χ3n) is 5.61. The number of carbonyl (C=O) groups excluding carboxylic acids is 2. The molecule has 1 heterocycles. The summed E-state index contributed by atoms with van der Waals surface area (Å²) in [7, 11) is 1.40. The maximum atomic E-state index is 13.1. The molecular formula is C19H18N2O5. The molecule has 7 heteroatoms. The number of imide groups is 1. The highest BCUT2D eigenvalue weighted by Crippen LogP contribution is 2.57. The van der Waals surface area contributed by atoms with Crippen LogP contribution in [0.5, 0.6) is 5.75 Å². The molecule has 2 bridgehead atoms. The summed E-state index contributed by atoms with van der Waals surface area (Å²) >= 11 is 0. The molecule has 1 aromatic rings. The lowest BCUT2D eigenvalue weighted by Crippen LogP contribution is -2.33. The third kappa shape index (κ3) is 2.00. The molecule has 7 nitrogen and oxygen atoms in total. The number of anilines is 1. The molecule has 4 rings (SSSR count). The van der Waals surface area contributed by atoms with E-state index in [9.17, 15) is 19.7 Å². The topological polar surface area (TPSA) is 89.8 Å². The van der Waals surface area contributed by atoms with Crippen molar-refractivity contribution in [3.8, 4) is 5.75 Å². The van der Waals surface area contributed by atoms with Crippen LogP contribution >= 0.6 is 0 Å². The fourth-order valence-electron chi connectivity index (χ4n) is 4.63. The lowest BCUT2D eigenvalue weighted by molar-refractivity contribution is -0.384. The zero-order valence-electron chi connectivity index (χ0n) is 14.6. The molecule has 1 saturated carbocycles. The molecule has 4 atom stereocenters. The second-order valence-corrected chi connectivity index (χ2v) is 7.07. The summed E-state index contributed by atoms with van der Waals surface area (Å²) in [5.74, 6) is -1.53. The summed E-state index contributed by atoms with van der Waals surface area (Å²) in [4.78, 5) is 38.0. The van der Waals surface area contributed by atoms with Gasteiger partial charge in [-0.15, -0.1) is 0 Å². The van der Waals surface area contributed by atoms with E-state index in [2.05, 4.69) is 0 Å². The summed E-state index contributed by atoms with van der Waals surface area (Å²) in [6.45, 7) is 3.98. The highest BCUT2D eigenvalue weighted by molar-refractivity contribution is 6.24. The lowest BCUT2D eigenvalue weighted by atomic mass is 9.85. The number of hydrogen-bond acceptors (Lipinski definition) is 5. The highest BCUT2D eigenvalue weighted by atomic mass is 16.6. The molecule has 0 N–H and O–H groups in total. The summed E-state index contributed by atoms with van der Waals surface area (Å²) in [5, 5.41) is 11.5. The van der Waals surface area contributed by atoms with Crippen molar-refractivity contribution >= 4 is 23.2 Å². The molecule has 2 fully saturated rings. The van der Waals surface area contributed by atoms with Gasteiger partial charge in [-0.3, -0.25) is 19.7 Å². The van der Waals surface area contributed by atoms with Crippen molar-refractivity contribution in [2.75, 3.05) is 12.0 Å². The van der Waals surface area contributed by atoms with Crippen molar-refractivity contribution in [3.63, 3.8) is 0 Å². The van der Waals surface area contributed by atoms with Crippen molar-refractivity contribution in [2.24, 2.45) is 23.7 Å². The maximum Gasteiger partial charge on any atom is 0.297 e. The van der Waals surface area contributed by atoms with E-state index in [0.717, 1.165) is 16.0 Å². The Morgan fingerprint density at radius 2 is 1.69 bits per heavy atom. The van der Waals surface area contributed by atoms with Gasteiger partial charge in [-0.05, 0) is 26.0 Å². The number of nitro benzene ring substituents is 1. The number of methoxy groups -OCH3 is 1. The molecule has 1 aliphatic heterocycles. The summed E-state index contributed by atoms with van der Waals surface area (Å²) in [6.07, 6.45) is 3.98. The van der Waals surface area contributed by atoms with Gasteiger partial charge in [0.15, 0.2) is 0 Å². The van der Waals surface area contributed by atoms with Crippen molar-refractivity contribution in [1.82, 2.24) is 0 Å². The van der Waals surface area contributed by atoms with Crippen LogP contribution in [0.1, 0.15) is 13.8 Å². The Morgan fingerprint density at radius 3 is 2.15 bits per heavy atom. The van der Waals surface area contributed by atoms with Gasteiger partial charge < -0.3 is 4.74 Å². The fraction of sp³-hybridized carbons (Fsp3) is 0.368. The average molecular weight is 354 g/mol. The molecular weight excluding hydrogens is 336 g/mol. The first-order valence-electron chi connectivity index (χ1n) is 8.42. The standard InChI is InChI=1S/C19H18N2O5/c1-9(2)15-11-5-6-12(15)17-16(11)18(22)20(19(17)23)13-7-4-10(26-3)8-14(13)21(24)25/h4-8,11-12,16-17H,1-3H3/t11-,12-,16-,17-/m0/s1. The summed E-state index contributed by atoms with van der Waals surface area (Å²) in [5.41, 5.74) is 1.97. The lowest BCUT2D eigenvalue weighted by Gasteiger charge is -2.19. The Hall–Kier alpha value is -2.96. The molecule has 26 heavy (non-hydrogen) atoms. The zero-order chi connectivity index (χ0) is 18.7. The van der Waals surface area contributed by atoms with Crippen LogP contribution in [0.3, 0.4) is 0 Å². The molecule has 1 aromatic carbocycles. The quantitative estimate of drug-likeness (QED) is 0.360. The van der Waals surface area contributed by atoms with Gasteiger partial charge in [-0.1, -0.05) is 23.3 Å². The van der Waals surface area contributed by atoms with E-state index in [4.69, 9.17) is 4.74 Å². The first-order chi connectivity index (χ1) is 12.4. The number of rotatable bonds is 3. The largest absolute Gasteiger partial charge is 0.496 e. The summed E-state index contributed by atoms with van der Waals surface area (Å²) in [6, 6.07) is 4.16. The maximum absolute atomic E-state index is 13.1. The van der Waals surface area contributed by atoms with Crippen LogP contribution in [-0.2, 0) is 9.59 Å². The first-order valence-corrected chi connectivity index (χ1v) is 8.42. The number of ether oxygens (including phenoxy) is 1. The van der Waals surface area contributed by atoms with Crippen molar-refractivity contribution < 1.29 is 19.2 Å². The van der Waals surface area contributed by atoms with Crippen LogP contribution in [0.2, 0.25) is 0 Å². The number of hydrogen-bond donors (Lipinski definition) is 0. The monoisotopic (exact) mass is 354 g/mol. The molecule has 2 amide bonds. The van der Waals surface area contributed by atoms with Crippen molar-refractivity contribution in [3.05, 3.63) is 51.6 Å². The van der Waals surface area contributed by atoms with Crippen LogP contribution in [0, 0.1) is 33.8 Å². The van der Waals surface area contributed by atoms with Crippen LogP contribution in [0.15, 0.2) is 41.5 Å². The molecule has 0 spiro atoms. The molecule has 3 aliphatic rings. The second-order valence-electron chi connectivity index (χ2n) is 7.07. The number of amides is 2. The normalized spacial score (nSPS) is 28.7. The number of nitrogens with zero attached hydrogens (tertiary/aromatic N) is 2. The third-order valence-corrected chi connectivity index (χ3v) is 5.61. The van der Waals surface area contributed by atoms with Gasteiger partial charge in [0.05, 0.1) is 29.9 Å². The van der Waals surface area contributed by atoms with Crippen molar-refractivity contribution in [2.45, 2.75) is 13.8 Å². The van der Waals surface area contributed by atoms with E-state index in [1.807, 2.05) is 26.0 Å². The van der Waals surface area contributed by atoms with E-state index >= 15 is 0 Å². The van der Waals surface area contributed by atoms with Gasteiger partial charge >= 0.3 is 0 Å². The second kappa shape index (κ2) is 5.52. The number of fused-ring (bicyclic) bond motifs is 5. The van der Waals surface area contributed by atoms with Gasteiger partial charge in [0.1, 0.15) is 11.4 Å². The Bertz CT molecular complexity index is 879. The number of allylic oxidation sites excluding steroid dienone is 4. The number of benzene rings is 1. The van der Waals surface area contributed by atoms with Crippen LogP contribution in [0.4, 0.5) is 11.4 Å². The minimum Gasteiger partial charge on any atom is -0.496 e.